The molecule has 0 N–H and O–H groups in total. The number of halogens is 1. The van der Waals surface area contributed by atoms with Gasteiger partial charge in [0.25, 0.3) is 0 Å². The summed E-state index contributed by atoms with van der Waals surface area (Å²) in [4.78, 5) is 4.38. The minimum absolute atomic E-state index is 0.901. The first kappa shape index (κ1) is 8.72. The molecule has 0 aliphatic carbocycles. The van der Waals surface area contributed by atoms with E-state index in [0.29, 0.717) is 0 Å². The molecule has 1 heterocycles. The maximum absolute atomic E-state index is 4.38. The summed E-state index contributed by atoms with van der Waals surface area (Å²) in [6, 6.07) is 2.11. The largest absolute Gasteiger partial charge is 0.258 e. The lowest BCUT2D eigenvalue weighted by atomic mass is 10.1. The molecule has 0 amide bonds. The molecule has 60 valence electrons. The van der Waals surface area contributed by atoms with Crippen molar-refractivity contribution in [2.75, 3.05) is 0 Å². The normalized spacial score (nSPS) is 10.2. The molecule has 0 fully saturated rings. The van der Waals surface area contributed by atoms with E-state index in [1.165, 1.54) is 11.1 Å². The van der Waals surface area contributed by atoms with Gasteiger partial charge in [0.1, 0.15) is 0 Å². The second kappa shape index (κ2) is 3.35. The first-order valence-corrected chi connectivity index (χ1v) is 4.77. The average Bonchev–Trinajstić information content (AvgIpc) is 1.85. The Hall–Kier alpha value is -0.370. The SMILES string of the molecule is Cc1cc(C)c(CBr)c(C)n1. The fourth-order valence-corrected chi connectivity index (χ4v) is 2.10. The van der Waals surface area contributed by atoms with Gasteiger partial charge in [-0.2, -0.15) is 0 Å². The Kier molecular flexibility index (Phi) is 2.66. The number of hydrogen-bond acceptors (Lipinski definition) is 1. The topological polar surface area (TPSA) is 12.9 Å². The van der Waals surface area contributed by atoms with E-state index in [9.17, 15) is 0 Å². The summed E-state index contributed by atoms with van der Waals surface area (Å²) < 4.78 is 0. The molecule has 1 nitrogen and oxygen atoms in total. The Labute approximate surface area is 76.0 Å². The molecular formula is C9H12BrN. The van der Waals surface area contributed by atoms with Crippen molar-refractivity contribution in [2.45, 2.75) is 26.1 Å². The Morgan fingerprint density at radius 1 is 1.36 bits per heavy atom. The molecule has 0 aromatic carbocycles. The zero-order valence-electron chi connectivity index (χ0n) is 7.11. The van der Waals surface area contributed by atoms with Crippen LogP contribution in [0.5, 0.6) is 0 Å². The Morgan fingerprint density at radius 2 is 2.00 bits per heavy atom. The number of hydrogen-bond donors (Lipinski definition) is 0. The Bertz CT molecular complexity index is 245. The number of rotatable bonds is 1. The predicted molar refractivity (Wildman–Crippen MR) is 51.1 cm³/mol. The first-order valence-electron chi connectivity index (χ1n) is 3.65. The van der Waals surface area contributed by atoms with E-state index in [1.54, 1.807) is 0 Å². The molecule has 0 unspecified atom stereocenters. The van der Waals surface area contributed by atoms with Crippen LogP contribution < -0.4 is 0 Å². The monoisotopic (exact) mass is 213 g/mol. The van der Waals surface area contributed by atoms with Crippen molar-refractivity contribution in [1.29, 1.82) is 0 Å². The number of pyridine rings is 1. The quantitative estimate of drug-likeness (QED) is 0.655. The lowest BCUT2D eigenvalue weighted by Gasteiger charge is -2.06. The molecule has 2 heteroatoms. The van der Waals surface area contributed by atoms with Crippen molar-refractivity contribution >= 4 is 15.9 Å². The van der Waals surface area contributed by atoms with Crippen LogP contribution in [0.25, 0.3) is 0 Å². The molecule has 1 aromatic rings. The molecule has 0 aliphatic rings. The van der Waals surface area contributed by atoms with Crippen LogP contribution in [0.3, 0.4) is 0 Å². The van der Waals surface area contributed by atoms with Crippen LogP contribution in [0.1, 0.15) is 22.5 Å². The highest BCUT2D eigenvalue weighted by Crippen LogP contribution is 2.15. The lowest BCUT2D eigenvalue weighted by molar-refractivity contribution is 1.06. The van der Waals surface area contributed by atoms with Gasteiger partial charge in [-0.05, 0) is 38.0 Å². The number of alkyl halides is 1. The molecule has 0 aliphatic heterocycles. The molecule has 1 rings (SSSR count). The molecular weight excluding hydrogens is 202 g/mol. The summed E-state index contributed by atoms with van der Waals surface area (Å²) in [6.07, 6.45) is 0. The van der Waals surface area contributed by atoms with Crippen molar-refractivity contribution in [3.05, 3.63) is 28.6 Å². The van der Waals surface area contributed by atoms with E-state index >= 15 is 0 Å². The van der Waals surface area contributed by atoms with Gasteiger partial charge in [-0.25, -0.2) is 0 Å². The average molecular weight is 214 g/mol. The van der Waals surface area contributed by atoms with E-state index in [0.717, 1.165) is 16.7 Å². The van der Waals surface area contributed by atoms with E-state index in [1.807, 2.05) is 6.92 Å². The van der Waals surface area contributed by atoms with Gasteiger partial charge in [0, 0.05) is 16.7 Å². The fraction of sp³-hybridized carbons (Fsp3) is 0.444. The van der Waals surface area contributed by atoms with Crippen LogP contribution in [0.15, 0.2) is 6.07 Å². The Balaban J connectivity index is 3.25. The Morgan fingerprint density at radius 3 is 2.45 bits per heavy atom. The summed E-state index contributed by atoms with van der Waals surface area (Å²) in [5, 5.41) is 0.901. The zero-order chi connectivity index (χ0) is 8.43. The van der Waals surface area contributed by atoms with Gasteiger partial charge < -0.3 is 0 Å². The van der Waals surface area contributed by atoms with Crippen LogP contribution in [-0.4, -0.2) is 4.98 Å². The minimum Gasteiger partial charge on any atom is -0.258 e. The second-order valence-electron chi connectivity index (χ2n) is 2.78. The molecule has 11 heavy (non-hydrogen) atoms. The second-order valence-corrected chi connectivity index (χ2v) is 3.34. The van der Waals surface area contributed by atoms with Crippen LogP contribution in [-0.2, 0) is 5.33 Å². The summed E-state index contributed by atoms with van der Waals surface area (Å²) in [5.41, 5.74) is 4.88. The van der Waals surface area contributed by atoms with Gasteiger partial charge in [0.15, 0.2) is 0 Å². The van der Waals surface area contributed by atoms with E-state index in [4.69, 9.17) is 0 Å². The van der Waals surface area contributed by atoms with Gasteiger partial charge >= 0.3 is 0 Å². The molecule has 0 atom stereocenters. The van der Waals surface area contributed by atoms with Crippen LogP contribution in [0.4, 0.5) is 0 Å². The molecule has 0 saturated carbocycles. The van der Waals surface area contributed by atoms with Gasteiger partial charge in [-0.3, -0.25) is 4.98 Å². The third-order valence-corrected chi connectivity index (χ3v) is 2.38. The summed E-state index contributed by atoms with van der Waals surface area (Å²) in [5.74, 6) is 0. The predicted octanol–water partition coefficient (Wildman–Crippen LogP) is 2.90. The van der Waals surface area contributed by atoms with Crippen LogP contribution in [0, 0.1) is 20.8 Å². The highest BCUT2D eigenvalue weighted by atomic mass is 79.9. The molecule has 0 saturated heterocycles. The number of nitrogens with zero attached hydrogens (tertiary/aromatic N) is 1. The van der Waals surface area contributed by atoms with E-state index in [-0.39, 0.29) is 0 Å². The van der Waals surface area contributed by atoms with E-state index < -0.39 is 0 Å². The van der Waals surface area contributed by atoms with Gasteiger partial charge in [0.2, 0.25) is 0 Å². The fourth-order valence-electron chi connectivity index (χ4n) is 1.25. The maximum Gasteiger partial charge on any atom is 0.0418 e. The van der Waals surface area contributed by atoms with Gasteiger partial charge in [0.05, 0.1) is 0 Å². The standard InChI is InChI=1S/C9H12BrN/c1-6-4-7(2)11-8(3)9(6)5-10/h4H,5H2,1-3H3. The lowest BCUT2D eigenvalue weighted by Crippen LogP contribution is -1.95. The summed E-state index contributed by atoms with van der Waals surface area (Å²) in [6.45, 7) is 6.20. The highest BCUT2D eigenvalue weighted by Gasteiger charge is 2.01. The van der Waals surface area contributed by atoms with E-state index in [2.05, 4.69) is 40.8 Å². The number of aryl methyl sites for hydroxylation is 3. The van der Waals surface area contributed by atoms with Gasteiger partial charge in [-0.15, -0.1) is 0 Å². The zero-order valence-corrected chi connectivity index (χ0v) is 8.70. The van der Waals surface area contributed by atoms with Crippen molar-refractivity contribution in [3.63, 3.8) is 0 Å². The molecule has 0 radical (unpaired) electrons. The molecule has 0 spiro atoms. The smallest absolute Gasteiger partial charge is 0.0418 e. The van der Waals surface area contributed by atoms with Crippen LogP contribution in [0.2, 0.25) is 0 Å². The van der Waals surface area contributed by atoms with Crippen LogP contribution >= 0.6 is 15.9 Å². The van der Waals surface area contributed by atoms with Crippen molar-refractivity contribution in [2.24, 2.45) is 0 Å². The third-order valence-electron chi connectivity index (χ3n) is 1.82. The number of aromatic nitrogens is 1. The highest BCUT2D eigenvalue weighted by molar-refractivity contribution is 9.08. The maximum atomic E-state index is 4.38. The first-order chi connectivity index (χ1) is 5.15. The molecule has 0 bridgehead atoms. The van der Waals surface area contributed by atoms with Crippen molar-refractivity contribution < 1.29 is 0 Å². The molecule has 1 aromatic heterocycles. The van der Waals surface area contributed by atoms with Crippen molar-refractivity contribution in [1.82, 2.24) is 4.98 Å². The van der Waals surface area contributed by atoms with Gasteiger partial charge in [-0.1, -0.05) is 15.9 Å². The summed E-state index contributed by atoms with van der Waals surface area (Å²) in [7, 11) is 0. The third kappa shape index (κ3) is 1.80. The minimum atomic E-state index is 0.901. The summed E-state index contributed by atoms with van der Waals surface area (Å²) >= 11 is 3.44. The van der Waals surface area contributed by atoms with Crippen molar-refractivity contribution in [3.8, 4) is 0 Å².